The zero-order valence-electron chi connectivity index (χ0n) is 18.1. The molecule has 2 saturated heterocycles. The Balaban J connectivity index is 1.65. The first kappa shape index (κ1) is 22.1. The van der Waals surface area contributed by atoms with Crippen LogP contribution in [0.3, 0.4) is 0 Å². The number of hydrogen-bond acceptors (Lipinski definition) is 7. The van der Waals surface area contributed by atoms with Crippen LogP contribution in [0.4, 0.5) is 4.79 Å². The first-order valence-electron chi connectivity index (χ1n) is 10.1. The Morgan fingerprint density at radius 3 is 2.34 bits per heavy atom. The monoisotopic (exact) mass is 464 g/mol. The average molecular weight is 464 g/mol. The molecular weight excluding hydrogens is 440 g/mol. The maximum absolute atomic E-state index is 12.8. The Morgan fingerprint density at radius 2 is 1.78 bits per heavy atom. The predicted octanol–water partition coefficient (Wildman–Crippen LogP) is 1.85. The maximum Gasteiger partial charge on any atom is 0.411 e. The van der Waals surface area contributed by atoms with Crippen molar-refractivity contribution in [3.8, 4) is 0 Å². The Bertz CT molecular complexity index is 1130. The molecule has 0 radical (unpaired) electrons. The number of carbonyl (C=O) groups is 3. The zero-order valence-corrected chi connectivity index (χ0v) is 18.9. The number of rotatable bonds is 4. The molecule has 1 unspecified atom stereocenters. The third-order valence-electron chi connectivity index (χ3n) is 5.69. The van der Waals surface area contributed by atoms with E-state index in [0.29, 0.717) is 0 Å². The standard InChI is InChI=1S/C21H24N2O8S/c1-11-5-7-12(8-6-11)32(28,29)31-17-13-9-10-22(20(27)30-21(2,3)4)15-14(13)23(18(15)24)16(17)19(25)26/h5-8,13-15H,9-10H2,1-4H3,(H,25,26)/t13?,14-,15+/m1/s1. The number of amides is 2. The van der Waals surface area contributed by atoms with Gasteiger partial charge in [-0.1, -0.05) is 17.7 Å². The van der Waals surface area contributed by atoms with E-state index in [1.165, 1.54) is 17.0 Å². The average Bonchev–Trinajstić information content (AvgIpc) is 2.98. The molecule has 3 heterocycles. The first-order chi connectivity index (χ1) is 14.8. The van der Waals surface area contributed by atoms with Crippen LogP contribution >= 0.6 is 0 Å². The first-order valence-corrected chi connectivity index (χ1v) is 11.5. The smallest absolute Gasteiger partial charge is 0.411 e. The van der Waals surface area contributed by atoms with E-state index in [0.717, 1.165) is 10.5 Å². The van der Waals surface area contributed by atoms with Gasteiger partial charge >= 0.3 is 22.2 Å². The van der Waals surface area contributed by atoms with Crippen molar-refractivity contribution in [2.75, 3.05) is 6.54 Å². The topological polar surface area (TPSA) is 131 Å². The minimum atomic E-state index is -4.32. The molecule has 0 aliphatic carbocycles. The number of nitrogens with zero attached hydrogens (tertiary/aromatic N) is 2. The van der Waals surface area contributed by atoms with E-state index in [1.807, 2.05) is 0 Å². The number of likely N-dealkylation sites (tertiary alicyclic amines) is 1. The maximum atomic E-state index is 12.8. The Morgan fingerprint density at radius 1 is 1.16 bits per heavy atom. The second-order valence-electron chi connectivity index (χ2n) is 9.08. The largest absolute Gasteiger partial charge is 0.476 e. The lowest BCUT2D eigenvalue weighted by Crippen LogP contribution is -2.73. The molecular formula is C21H24N2O8S. The van der Waals surface area contributed by atoms with Crippen LogP contribution in [0.15, 0.2) is 40.6 Å². The highest BCUT2D eigenvalue weighted by molar-refractivity contribution is 7.86. The van der Waals surface area contributed by atoms with E-state index in [4.69, 9.17) is 8.92 Å². The summed E-state index contributed by atoms with van der Waals surface area (Å²) in [7, 11) is -4.32. The van der Waals surface area contributed by atoms with Crippen LogP contribution < -0.4 is 0 Å². The van der Waals surface area contributed by atoms with Crippen molar-refractivity contribution in [2.24, 2.45) is 5.92 Å². The number of carboxylic acids is 1. The molecule has 2 fully saturated rings. The minimum Gasteiger partial charge on any atom is -0.476 e. The summed E-state index contributed by atoms with van der Waals surface area (Å²) in [6.07, 6.45) is -0.452. The van der Waals surface area contributed by atoms with Gasteiger partial charge in [0.15, 0.2) is 11.5 Å². The molecule has 0 aromatic heterocycles. The van der Waals surface area contributed by atoms with Gasteiger partial charge in [0, 0.05) is 12.5 Å². The molecule has 0 bridgehead atoms. The van der Waals surface area contributed by atoms with Crippen LogP contribution in [0.5, 0.6) is 0 Å². The van der Waals surface area contributed by atoms with Gasteiger partial charge in [0.1, 0.15) is 16.5 Å². The SMILES string of the molecule is Cc1ccc(S(=O)(=O)OC2=C(C(=O)O)N3C(=O)[C@@H]4[C@H]3C2CCN4C(=O)OC(C)(C)C)cc1. The molecule has 11 heteroatoms. The van der Waals surface area contributed by atoms with E-state index < -0.39 is 57.4 Å². The van der Waals surface area contributed by atoms with Crippen LogP contribution in [0.2, 0.25) is 0 Å². The number of aryl methyl sites for hydroxylation is 1. The Labute approximate surface area is 185 Å². The van der Waals surface area contributed by atoms with Crippen molar-refractivity contribution in [1.82, 2.24) is 9.80 Å². The number of carbonyl (C=O) groups excluding carboxylic acids is 2. The van der Waals surface area contributed by atoms with E-state index in [9.17, 15) is 27.9 Å². The quantitative estimate of drug-likeness (QED) is 0.528. The molecule has 10 nitrogen and oxygen atoms in total. The van der Waals surface area contributed by atoms with Crippen molar-refractivity contribution in [3.63, 3.8) is 0 Å². The molecule has 32 heavy (non-hydrogen) atoms. The zero-order chi connectivity index (χ0) is 23.6. The normalized spacial score (nSPS) is 24.8. The molecule has 0 saturated carbocycles. The summed E-state index contributed by atoms with van der Waals surface area (Å²) in [5.41, 5.74) is -0.415. The fraction of sp³-hybridized carbons (Fsp3) is 0.476. The second kappa shape index (κ2) is 7.22. The summed E-state index contributed by atoms with van der Waals surface area (Å²) < 4.78 is 36.4. The molecule has 0 spiro atoms. The van der Waals surface area contributed by atoms with Gasteiger partial charge in [0.2, 0.25) is 0 Å². The molecule has 172 valence electrons. The van der Waals surface area contributed by atoms with E-state index in [1.54, 1.807) is 39.8 Å². The molecule has 2 amide bonds. The second-order valence-corrected chi connectivity index (χ2v) is 10.6. The van der Waals surface area contributed by atoms with Gasteiger partial charge in [-0.25, -0.2) is 9.59 Å². The van der Waals surface area contributed by atoms with E-state index >= 15 is 0 Å². The van der Waals surface area contributed by atoms with Gasteiger partial charge in [0.25, 0.3) is 5.91 Å². The molecule has 3 aliphatic heterocycles. The van der Waals surface area contributed by atoms with Crippen molar-refractivity contribution in [2.45, 2.75) is 56.7 Å². The van der Waals surface area contributed by atoms with Gasteiger partial charge in [0.05, 0.1) is 6.04 Å². The lowest BCUT2D eigenvalue weighted by Gasteiger charge is -2.52. The van der Waals surface area contributed by atoms with Gasteiger partial charge in [-0.2, -0.15) is 8.42 Å². The highest BCUT2D eigenvalue weighted by atomic mass is 32.2. The number of β-lactam (4-membered cyclic amide) rings is 1. The van der Waals surface area contributed by atoms with Gasteiger partial charge in [-0.15, -0.1) is 0 Å². The van der Waals surface area contributed by atoms with Crippen LogP contribution in [0, 0.1) is 12.8 Å². The summed E-state index contributed by atoms with van der Waals surface area (Å²) >= 11 is 0. The number of benzene rings is 1. The third-order valence-corrected chi connectivity index (χ3v) is 6.94. The molecule has 1 aromatic carbocycles. The van der Waals surface area contributed by atoms with Crippen molar-refractivity contribution < 1.29 is 36.8 Å². The van der Waals surface area contributed by atoms with Crippen molar-refractivity contribution in [1.29, 1.82) is 0 Å². The fourth-order valence-corrected chi connectivity index (χ4v) is 5.35. The van der Waals surface area contributed by atoms with E-state index in [2.05, 4.69) is 0 Å². The lowest BCUT2D eigenvalue weighted by atomic mass is 9.80. The minimum absolute atomic E-state index is 0.102. The molecule has 3 atom stereocenters. The van der Waals surface area contributed by atoms with Gasteiger partial charge in [-0.3, -0.25) is 14.6 Å². The molecule has 3 aliphatic rings. The van der Waals surface area contributed by atoms with Crippen molar-refractivity contribution in [3.05, 3.63) is 41.3 Å². The summed E-state index contributed by atoms with van der Waals surface area (Å²) in [6.45, 7) is 7.01. The number of hydrogen-bond donors (Lipinski definition) is 1. The number of carboxylic acid groups (broad SMARTS) is 1. The number of piperidine rings is 1. The summed E-state index contributed by atoms with van der Waals surface area (Å²) in [5.74, 6) is -3.01. The molecule has 1 N–H and O–H groups in total. The van der Waals surface area contributed by atoms with Gasteiger partial charge < -0.3 is 14.0 Å². The van der Waals surface area contributed by atoms with Crippen molar-refractivity contribution >= 4 is 28.1 Å². The highest BCUT2D eigenvalue weighted by Gasteiger charge is 2.66. The van der Waals surface area contributed by atoms with Crippen LogP contribution in [-0.2, 0) is 28.6 Å². The summed E-state index contributed by atoms with van der Waals surface area (Å²) in [5, 5.41) is 9.74. The lowest BCUT2D eigenvalue weighted by molar-refractivity contribution is -0.162. The molecule has 1 aromatic rings. The van der Waals surface area contributed by atoms with Gasteiger partial charge in [-0.05, 0) is 46.2 Å². The fourth-order valence-electron chi connectivity index (χ4n) is 4.35. The number of aliphatic carboxylic acids is 1. The molecule has 4 rings (SSSR count). The Hall–Kier alpha value is -3.08. The van der Waals surface area contributed by atoms with E-state index in [-0.39, 0.29) is 23.6 Å². The highest BCUT2D eigenvalue weighted by Crippen LogP contribution is 2.50. The third kappa shape index (κ3) is 3.50. The number of ether oxygens (including phenoxy) is 1. The van der Waals surface area contributed by atoms with Crippen LogP contribution in [0.25, 0.3) is 0 Å². The predicted molar refractivity (Wildman–Crippen MR) is 110 cm³/mol. The van der Waals surface area contributed by atoms with Crippen LogP contribution in [0.1, 0.15) is 32.8 Å². The van der Waals surface area contributed by atoms with Crippen LogP contribution in [-0.4, -0.2) is 65.5 Å². The summed E-state index contributed by atoms with van der Waals surface area (Å²) in [6, 6.07) is 4.30. The summed E-state index contributed by atoms with van der Waals surface area (Å²) in [4.78, 5) is 39.6. The Kier molecular flexibility index (Phi) is 5.00.